The fraction of sp³-hybridized carbons (Fsp3) is 0.375. The summed E-state index contributed by atoms with van der Waals surface area (Å²) in [6.45, 7) is 15.5. The molecule has 8 rings (SSSR count). The number of nitrogens with two attached hydrogens (primary N) is 2. The van der Waals surface area contributed by atoms with Crippen LogP contribution in [0.25, 0.3) is 22.2 Å². The lowest BCUT2D eigenvalue weighted by Gasteiger charge is -2.19. The summed E-state index contributed by atoms with van der Waals surface area (Å²) in [5.74, 6) is 1.60. The van der Waals surface area contributed by atoms with Gasteiger partial charge in [0.05, 0.1) is 37.4 Å². The van der Waals surface area contributed by atoms with E-state index in [1.165, 1.54) is 47.6 Å². The minimum Gasteiger partial charge on any atom is -0.487 e. The maximum atomic E-state index is 13.3. The number of Topliss-reactive ketones (excluding diaryl/α,β-unsaturated/α-hetero) is 2. The second-order valence-electron chi connectivity index (χ2n) is 16.6. The largest absolute Gasteiger partial charge is 0.487 e. The first-order chi connectivity index (χ1) is 33.5. The lowest BCUT2D eigenvalue weighted by Crippen LogP contribution is -2.15. The van der Waals surface area contributed by atoms with Gasteiger partial charge in [-0.1, -0.05) is 48.3 Å². The number of anilines is 2. The van der Waals surface area contributed by atoms with Crippen molar-refractivity contribution in [1.29, 1.82) is 0 Å². The van der Waals surface area contributed by atoms with Crippen LogP contribution in [0.5, 0.6) is 23.0 Å². The van der Waals surface area contributed by atoms with Gasteiger partial charge in [0.25, 0.3) is 5.95 Å². The maximum Gasteiger partial charge on any atom is 0.260 e. The number of carbonyl (C=O) groups is 2. The van der Waals surface area contributed by atoms with Crippen LogP contribution in [-0.2, 0) is 13.1 Å². The number of nitrogens with zero attached hydrogens (tertiary/aromatic N) is 10. The Hall–Kier alpha value is -8.04. The Morgan fingerprint density at radius 2 is 1.07 bits per heavy atom. The number of oxazole rings is 2. The number of carbonyl (C=O) groups excluding carboxylic acids is 2. The number of ether oxygens (including phenoxy) is 4. The lowest BCUT2D eigenvalue weighted by atomic mass is 9.98. The predicted octanol–water partition coefficient (Wildman–Crippen LogP) is 8.01. The van der Waals surface area contributed by atoms with Gasteiger partial charge >= 0.3 is 0 Å². The van der Waals surface area contributed by atoms with Crippen LogP contribution in [0.3, 0.4) is 0 Å². The summed E-state index contributed by atoms with van der Waals surface area (Å²) in [5, 5.41) is 22.4. The Labute approximate surface area is 400 Å². The maximum absolute atomic E-state index is 13.3. The number of benzene rings is 4. The number of hydrogen-bond acceptors (Lipinski definition) is 18. The highest BCUT2D eigenvalue weighted by Crippen LogP contribution is 2.44. The summed E-state index contributed by atoms with van der Waals surface area (Å²) in [7, 11) is 0. The van der Waals surface area contributed by atoms with Gasteiger partial charge in [0, 0.05) is 13.8 Å². The van der Waals surface area contributed by atoms with Crippen LogP contribution in [0.1, 0.15) is 107 Å². The van der Waals surface area contributed by atoms with Crippen LogP contribution < -0.4 is 30.4 Å². The monoisotopic (exact) mass is 964 g/mol. The summed E-state index contributed by atoms with van der Waals surface area (Å²) in [6, 6.07) is 12.8. The number of ketones is 2. The number of fused-ring (bicyclic) bond motifs is 2. The van der Waals surface area contributed by atoms with Crippen molar-refractivity contribution < 1.29 is 46.2 Å². The van der Waals surface area contributed by atoms with Crippen LogP contribution in [-0.4, -0.2) is 88.4 Å². The summed E-state index contributed by atoms with van der Waals surface area (Å²) < 4.78 is 64.1. The van der Waals surface area contributed by atoms with E-state index in [-0.39, 0.29) is 84.7 Å². The van der Waals surface area contributed by atoms with Crippen molar-refractivity contribution in [1.82, 2.24) is 50.4 Å². The van der Waals surface area contributed by atoms with E-state index in [0.29, 0.717) is 93.8 Å². The van der Waals surface area contributed by atoms with E-state index in [1.807, 2.05) is 13.8 Å². The SMILES string of the molecule is CC(=O)c1c(OCCn2nnc(N)n2)c(OCCC(C)c2ccc(F)cc2)c2oc(C)nc2c1C.CC(=O)c1c(OCCn2nnnc2N)c(OCCC(C)c2ccc(F)cc2)c2oc(C)nc2c1C. The lowest BCUT2D eigenvalue weighted by molar-refractivity contribution is 0.0998. The molecule has 0 saturated heterocycles. The molecule has 0 spiro atoms. The molecule has 0 bridgehead atoms. The molecule has 0 radical (unpaired) electrons. The van der Waals surface area contributed by atoms with Crippen LogP contribution in [0.2, 0.25) is 0 Å². The first-order valence-electron chi connectivity index (χ1n) is 22.5. The highest BCUT2D eigenvalue weighted by molar-refractivity contribution is 6.06. The predicted molar refractivity (Wildman–Crippen MR) is 252 cm³/mol. The second-order valence-corrected chi connectivity index (χ2v) is 16.6. The van der Waals surface area contributed by atoms with Crippen LogP contribution >= 0.6 is 0 Å². The summed E-state index contributed by atoms with van der Waals surface area (Å²) in [5.41, 5.74) is 17.2. The van der Waals surface area contributed by atoms with Gasteiger partial charge in [0.2, 0.25) is 28.6 Å². The summed E-state index contributed by atoms with van der Waals surface area (Å²) in [6.07, 6.45) is 1.29. The molecular formula is C48H54F2N12O8. The average molecular weight is 965 g/mol. The zero-order valence-corrected chi connectivity index (χ0v) is 40.1. The molecule has 4 N–H and O–H groups in total. The third-order valence-electron chi connectivity index (χ3n) is 11.5. The van der Waals surface area contributed by atoms with Crippen molar-refractivity contribution in [3.05, 3.63) is 105 Å². The normalized spacial score (nSPS) is 12.1. The van der Waals surface area contributed by atoms with E-state index < -0.39 is 0 Å². The Balaban J connectivity index is 0.000000206. The van der Waals surface area contributed by atoms with Gasteiger partial charge in [-0.25, -0.2) is 23.4 Å². The molecule has 2 unspecified atom stereocenters. The van der Waals surface area contributed by atoms with Gasteiger partial charge in [0.1, 0.15) is 35.9 Å². The van der Waals surface area contributed by atoms with E-state index >= 15 is 0 Å². The van der Waals surface area contributed by atoms with E-state index in [0.717, 1.165) is 11.1 Å². The highest BCUT2D eigenvalue weighted by atomic mass is 19.1. The van der Waals surface area contributed by atoms with Gasteiger partial charge in [0.15, 0.2) is 34.8 Å². The average Bonchev–Trinajstić information content (AvgIpc) is 4.13. The summed E-state index contributed by atoms with van der Waals surface area (Å²) in [4.78, 5) is 35.5. The Kier molecular flexibility index (Phi) is 15.6. The fourth-order valence-electron chi connectivity index (χ4n) is 7.84. The van der Waals surface area contributed by atoms with Crippen molar-refractivity contribution >= 4 is 45.7 Å². The topological polar surface area (TPSA) is 262 Å². The van der Waals surface area contributed by atoms with Crippen LogP contribution in [0, 0.1) is 39.3 Å². The van der Waals surface area contributed by atoms with E-state index in [2.05, 4.69) is 40.9 Å². The molecule has 4 aromatic carbocycles. The molecule has 368 valence electrons. The Bertz CT molecular complexity index is 3110. The number of tetrazole rings is 2. The van der Waals surface area contributed by atoms with Crippen LogP contribution in [0.4, 0.5) is 20.7 Å². The number of rotatable bonds is 20. The van der Waals surface area contributed by atoms with Gasteiger partial charge in [-0.3, -0.25) is 9.59 Å². The van der Waals surface area contributed by atoms with Crippen LogP contribution in [0.15, 0.2) is 57.4 Å². The van der Waals surface area contributed by atoms with Gasteiger partial charge < -0.3 is 39.2 Å². The zero-order valence-electron chi connectivity index (χ0n) is 40.1. The summed E-state index contributed by atoms with van der Waals surface area (Å²) >= 11 is 0. The molecule has 0 fully saturated rings. The molecular weight excluding hydrogens is 911 g/mol. The molecule has 8 aromatic rings. The molecule has 2 atom stereocenters. The smallest absolute Gasteiger partial charge is 0.260 e. The molecule has 20 nitrogen and oxygen atoms in total. The molecule has 22 heteroatoms. The van der Waals surface area contributed by atoms with Gasteiger partial charge in [-0.2, -0.15) is 4.80 Å². The third kappa shape index (κ3) is 11.4. The molecule has 4 heterocycles. The molecule has 0 aliphatic carbocycles. The van der Waals surface area contributed by atoms with Crippen molar-refractivity contribution in [2.75, 3.05) is 37.9 Å². The highest BCUT2D eigenvalue weighted by Gasteiger charge is 2.29. The first kappa shape index (κ1) is 49.9. The number of nitrogen functional groups attached to an aromatic ring is 2. The number of halogens is 2. The Morgan fingerprint density at radius 1 is 0.629 bits per heavy atom. The molecule has 4 aromatic heterocycles. The first-order valence-corrected chi connectivity index (χ1v) is 22.5. The van der Waals surface area contributed by atoms with Crippen molar-refractivity contribution in [2.24, 2.45) is 0 Å². The minimum atomic E-state index is -0.276. The van der Waals surface area contributed by atoms with Crippen molar-refractivity contribution in [2.45, 2.75) is 93.2 Å². The van der Waals surface area contributed by atoms with Crippen molar-refractivity contribution in [3.8, 4) is 23.0 Å². The van der Waals surface area contributed by atoms with E-state index in [1.54, 1.807) is 52.0 Å². The second kappa shape index (κ2) is 21.9. The van der Waals surface area contributed by atoms with Gasteiger partial charge in [-0.15, -0.1) is 5.10 Å². The number of hydrogen-bond donors (Lipinski definition) is 2. The third-order valence-corrected chi connectivity index (χ3v) is 11.5. The molecule has 0 aliphatic heterocycles. The van der Waals surface area contributed by atoms with E-state index in [4.69, 9.17) is 39.2 Å². The molecule has 0 saturated carbocycles. The molecule has 70 heavy (non-hydrogen) atoms. The Morgan fingerprint density at radius 3 is 1.47 bits per heavy atom. The van der Waals surface area contributed by atoms with Crippen molar-refractivity contribution in [3.63, 3.8) is 0 Å². The quantitative estimate of drug-likeness (QED) is 0.0685. The number of aryl methyl sites for hydroxylation is 4. The van der Waals surface area contributed by atoms with E-state index in [9.17, 15) is 18.4 Å². The number of aromatic nitrogens is 10. The molecule has 0 amide bonds. The zero-order chi connectivity index (χ0) is 50.2. The van der Waals surface area contributed by atoms with Gasteiger partial charge in [-0.05, 0) is 115 Å². The minimum absolute atomic E-state index is 0.0584. The molecule has 0 aliphatic rings. The fourth-order valence-corrected chi connectivity index (χ4v) is 7.84. The standard InChI is InChI=1S/2C24H27FN6O4/c1-13(17-5-7-18(25)8-6-17)9-11-33-23-21(34-12-10-31-24(26)28-29-30-31)19(15(3)32)14(2)20-22(23)35-16(4)27-20;1-13(17-5-7-18(25)8-6-17)9-11-33-23-21(34-12-10-31-29-24(26)28-30-31)19(15(3)32)14(2)20-22(23)35-16(4)27-20/h5-8,13H,9-12H2,1-4H3,(H2,26,28,30);5-8,13H,9-12H2,1-4H3,(H2,26,29).